The summed E-state index contributed by atoms with van der Waals surface area (Å²) in [5.41, 5.74) is -2.82. The van der Waals surface area contributed by atoms with Gasteiger partial charge in [-0.2, -0.15) is 0 Å². The van der Waals surface area contributed by atoms with Gasteiger partial charge in [-0.1, -0.05) is 13.3 Å². The summed E-state index contributed by atoms with van der Waals surface area (Å²) in [5, 5.41) is 12.6. The van der Waals surface area contributed by atoms with Gasteiger partial charge in [-0.3, -0.25) is 19.3 Å². The number of nitrogens with one attached hydrogen (secondary N) is 1. The molecular formula is C24H28F3N3O4. The number of rotatable bonds is 6. The highest BCUT2D eigenvalue weighted by Crippen LogP contribution is 2.30. The Hall–Kier alpha value is -3.14. The third kappa shape index (κ3) is 5.16. The summed E-state index contributed by atoms with van der Waals surface area (Å²) >= 11 is 0. The summed E-state index contributed by atoms with van der Waals surface area (Å²) in [6.45, 7) is 4.56. The van der Waals surface area contributed by atoms with E-state index in [1.807, 2.05) is 14.0 Å². The van der Waals surface area contributed by atoms with Gasteiger partial charge in [0, 0.05) is 49.1 Å². The zero-order valence-corrected chi connectivity index (χ0v) is 19.3. The highest BCUT2D eigenvalue weighted by molar-refractivity contribution is 5.95. The molecule has 0 aliphatic carbocycles. The molecular weight excluding hydrogens is 451 g/mol. The Labute approximate surface area is 195 Å². The molecule has 0 saturated carbocycles. The van der Waals surface area contributed by atoms with E-state index in [1.165, 1.54) is 10.8 Å². The van der Waals surface area contributed by atoms with Gasteiger partial charge in [-0.25, -0.2) is 13.2 Å². The van der Waals surface area contributed by atoms with E-state index in [9.17, 15) is 32.7 Å². The molecule has 1 aromatic carbocycles. The minimum atomic E-state index is -1.19. The Morgan fingerprint density at radius 1 is 1.29 bits per heavy atom. The molecule has 10 heteroatoms. The van der Waals surface area contributed by atoms with Crippen molar-refractivity contribution in [2.45, 2.75) is 51.7 Å². The number of halogens is 3. The number of carbonyl (C=O) groups excluding carboxylic acids is 2. The monoisotopic (exact) mass is 479 g/mol. The van der Waals surface area contributed by atoms with E-state index in [4.69, 9.17) is 0 Å². The first-order valence-corrected chi connectivity index (χ1v) is 11.0. The molecule has 3 rings (SSSR count). The Balaban J connectivity index is 1.93. The molecule has 0 bridgehead atoms. The molecule has 1 aromatic heterocycles. The van der Waals surface area contributed by atoms with Gasteiger partial charge in [-0.05, 0) is 32.7 Å². The van der Waals surface area contributed by atoms with Crippen LogP contribution in [0, 0.1) is 23.4 Å². The van der Waals surface area contributed by atoms with Crippen molar-refractivity contribution in [2.75, 3.05) is 13.6 Å². The lowest BCUT2D eigenvalue weighted by Gasteiger charge is -2.39. The van der Waals surface area contributed by atoms with Crippen molar-refractivity contribution in [3.05, 3.63) is 62.8 Å². The Kier molecular flexibility index (Phi) is 7.50. The molecule has 0 radical (unpaired) electrons. The van der Waals surface area contributed by atoms with Crippen LogP contribution in [0.1, 0.15) is 59.5 Å². The number of amides is 1. The molecule has 7 nitrogen and oxygen atoms in total. The Bertz CT molecular complexity index is 1140. The summed E-state index contributed by atoms with van der Waals surface area (Å²) in [7, 11) is 1.96. The Morgan fingerprint density at radius 2 is 1.94 bits per heavy atom. The van der Waals surface area contributed by atoms with Gasteiger partial charge in [-0.15, -0.1) is 0 Å². The second-order valence-corrected chi connectivity index (χ2v) is 9.26. The van der Waals surface area contributed by atoms with Crippen LogP contribution >= 0.6 is 0 Å². The van der Waals surface area contributed by atoms with Gasteiger partial charge in [0.15, 0.2) is 12.0 Å². The van der Waals surface area contributed by atoms with Crippen LogP contribution in [0.4, 0.5) is 13.2 Å². The summed E-state index contributed by atoms with van der Waals surface area (Å²) in [6.07, 6.45) is 4.31. The van der Waals surface area contributed by atoms with Crippen molar-refractivity contribution in [2.24, 2.45) is 5.92 Å². The largest absolute Gasteiger partial charge is 0.503 e. The minimum Gasteiger partial charge on any atom is -0.503 e. The van der Waals surface area contributed by atoms with Gasteiger partial charge in [0.1, 0.15) is 28.7 Å². The number of likely N-dealkylation sites (N-methyl/N-ethyl adjacent to an activating group) is 1. The average Bonchev–Trinajstić information content (AvgIpc) is 2.87. The van der Waals surface area contributed by atoms with Crippen LogP contribution in [0.15, 0.2) is 23.1 Å². The fourth-order valence-corrected chi connectivity index (χ4v) is 4.45. The zero-order valence-electron chi connectivity index (χ0n) is 19.3. The molecule has 0 unspecified atom stereocenters. The molecule has 2 heterocycles. The normalized spacial score (nSPS) is 21.2. The maximum Gasteiger partial charge on any atom is 0.257 e. The number of nitrogens with zero attached hydrogens (tertiary/aromatic N) is 2. The topological polar surface area (TPSA) is 91.6 Å². The number of carbonyl (C=O) groups is 2. The van der Waals surface area contributed by atoms with Gasteiger partial charge in [0.05, 0.1) is 0 Å². The lowest BCUT2D eigenvalue weighted by molar-refractivity contribution is 0.0938. The molecule has 1 saturated heterocycles. The summed E-state index contributed by atoms with van der Waals surface area (Å²) in [4.78, 5) is 39.1. The van der Waals surface area contributed by atoms with Crippen LogP contribution in [0.25, 0.3) is 0 Å². The van der Waals surface area contributed by atoms with Crippen molar-refractivity contribution in [3.8, 4) is 5.75 Å². The molecule has 2 atom stereocenters. The average molecular weight is 479 g/mol. The third-order valence-corrected chi connectivity index (χ3v) is 6.61. The number of aldehydes is 1. The Morgan fingerprint density at radius 3 is 2.56 bits per heavy atom. The molecule has 0 spiro atoms. The molecule has 1 aliphatic heterocycles. The number of hydrogen-bond donors (Lipinski definition) is 2. The number of likely N-dealkylation sites (tertiary alicyclic amines) is 1. The van der Waals surface area contributed by atoms with E-state index in [0.717, 1.165) is 25.8 Å². The first-order valence-electron chi connectivity index (χ1n) is 11.0. The summed E-state index contributed by atoms with van der Waals surface area (Å²) in [5.74, 6) is -4.87. The lowest BCUT2D eigenvalue weighted by Crippen LogP contribution is -2.48. The number of benzene rings is 1. The van der Waals surface area contributed by atoms with Crippen LogP contribution in [-0.4, -0.2) is 45.9 Å². The fraction of sp³-hybridized carbons (Fsp3) is 0.458. The van der Waals surface area contributed by atoms with Crippen molar-refractivity contribution in [3.63, 3.8) is 0 Å². The van der Waals surface area contributed by atoms with Crippen LogP contribution < -0.4 is 10.7 Å². The van der Waals surface area contributed by atoms with E-state index in [0.29, 0.717) is 24.3 Å². The van der Waals surface area contributed by atoms with E-state index < -0.39 is 57.7 Å². The van der Waals surface area contributed by atoms with Crippen molar-refractivity contribution < 1.29 is 27.9 Å². The number of aromatic nitrogens is 1. The highest BCUT2D eigenvalue weighted by atomic mass is 19.1. The molecule has 1 aliphatic rings. The van der Waals surface area contributed by atoms with E-state index in [-0.39, 0.29) is 12.2 Å². The number of hydrogen-bond acceptors (Lipinski definition) is 5. The third-order valence-electron chi connectivity index (χ3n) is 6.61. The van der Waals surface area contributed by atoms with Crippen LogP contribution in [0.5, 0.6) is 5.75 Å². The standard InChI is InChI=1S/C24H28F3N3O4/c1-14-5-4-6-24(2,29(3)10-14)13-30-11-17(21(32)22(33)20(30)12-31)23(34)28-9-16-18(26)7-15(25)8-19(16)27/h7-8,11-12,14,33H,4-6,9-10,13H2,1-3H3,(H,28,34)/t14-,24+/m1/s1. The molecule has 1 amide bonds. The van der Waals surface area contributed by atoms with Gasteiger partial charge < -0.3 is 15.0 Å². The highest BCUT2D eigenvalue weighted by Gasteiger charge is 2.34. The minimum absolute atomic E-state index is 0.222. The first kappa shape index (κ1) is 25.5. The van der Waals surface area contributed by atoms with Crippen molar-refractivity contribution in [1.82, 2.24) is 14.8 Å². The van der Waals surface area contributed by atoms with Gasteiger partial charge in [0.2, 0.25) is 5.43 Å². The van der Waals surface area contributed by atoms with Crippen LogP contribution in [0.2, 0.25) is 0 Å². The maximum atomic E-state index is 13.9. The van der Waals surface area contributed by atoms with Crippen LogP contribution in [0.3, 0.4) is 0 Å². The fourth-order valence-electron chi connectivity index (χ4n) is 4.45. The first-order chi connectivity index (χ1) is 16.0. The van der Waals surface area contributed by atoms with E-state index >= 15 is 0 Å². The van der Waals surface area contributed by atoms with Gasteiger partial charge >= 0.3 is 0 Å². The molecule has 34 heavy (non-hydrogen) atoms. The zero-order chi connectivity index (χ0) is 25.2. The van der Waals surface area contributed by atoms with Crippen molar-refractivity contribution >= 4 is 12.2 Å². The summed E-state index contributed by atoms with van der Waals surface area (Å²) in [6, 6.07) is 0.958. The number of aromatic hydroxyl groups is 1. The molecule has 1 fully saturated rings. The molecule has 184 valence electrons. The second-order valence-electron chi connectivity index (χ2n) is 9.26. The quantitative estimate of drug-likeness (QED) is 0.621. The summed E-state index contributed by atoms with van der Waals surface area (Å²) < 4.78 is 42.3. The predicted molar refractivity (Wildman–Crippen MR) is 119 cm³/mol. The molecule has 2 N–H and O–H groups in total. The second kappa shape index (κ2) is 10.0. The lowest BCUT2D eigenvalue weighted by atomic mass is 9.94. The maximum absolute atomic E-state index is 13.9. The van der Waals surface area contributed by atoms with Crippen LogP contribution in [-0.2, 0) is 13.1 Å². The van der Waals surface area contributed by atoms with Gasteiger partial charge in [0.25, 0.3) is 5.91 Å². The van der Waals surface area contributed by atoms with Crippen molar-refractivity contribution in [1.29, 1.82) is 0 Å². The van der Waals surface area contributed by atoms with E-state index in [1.54, 1.807) is 0 Å². The number of pyridine rings is 1. The smallest absolute Gasteiger partial charge is 0.257 e. The molecule has 2 aromatic rings. The van der Waals surface area contributed by atoms with E-state index in [2.05, 4.69) is 17.1 Å². The predicted octanol–water partition coefficient (Wildman–Crippen LogP) is 3.22. The SMILES string of the molecule is C[C@@H]1CCC[C@@](C)(Cn2cc(C(=O)NCc3c(F)cc(F)cc3F)c(=O)c(O)c2C=O)N(C)C1.